The predicted molar refractivity (Wildman–Crippen MR) is 58.0 cm³/mol. The van der Waals surface area contributed by atoms with Crippen molar-refractivity contribution in [1.82, 2.24) is 0 Å². The molecule has 0 aromatic rings. The van der Waals surface area contributed by atoms with Crippen LogP contribution in [0.1, 0.15) is 67.2 Å². The van der Waals surface area contributed by atoms with Gasteiger partial charge >= 0.3 is 59.1 Å². The van der Waals surface area contributed by atoms with Crippen molar-refractivity contribution in [2.75, 3.05) is 0 Å². The molecule has 0 aliphatic rings. The van der Waals surface area contributed by atoms with Gasteiger partial charge in [-0.15, -0.1) is 11.2 Å². The van der Waals surface area contributed by atoms with Crippen molar-refractivity contribution in [2.45, 2.75) is 78.4 Å². The Kier molecular flexibility index (Phi) is 22.1. The zero-order chi connectivity index (χ0) is 11.8. The molecular formula is C12H26Na2O2. The van der Waals surface area contributed by atoms with E-state index in [1.807, 2.05) is 6.92 Å². The normalized spacial score (nSPS) is 10.5. The molecule has 0 unspecified atom stereocenters. The summed E-state index contributed by atoms with van der Waals surface area (Å²) in [6.45, 7) is 10.9. The quantitative estimate of drug-likeness (QED) is 0.474. The van der Waals surface area contributed by atoms with Crippen molar-refractivity contribution in [3.05, 3.63) is 0 Å². The fourth-order valence-corrected chi connectivity index (χ4v) is 0.602. The van der Waals surface area contributed by atoms with Gasteiger partial charge in [0.25, 0.3) is 0 Å². The third-order valence-corrected chi connectivity index (χ3v) is 1.98. The molecule has 0 aromatic heterocycles. The van der Waals surface area contributed by atoms with Crippen LogP contribution in [0.5, 0.6) is 0 Å². The van der Waals surface area contributed by atoms with E-state index in [2.05, 4.69) is 6.92 Å². The van der Waals surface area contributed by atoms with Gasteiger partial charge < -0.3 is 10.2 Å². The van der Waals surface area contributed by atoms with E-state index < -0.39 is 11.2 Å². The van der Waals surface area contributed by atoms with Crippen molar-refractivity contribution >= 4 is 0 Å². The van der Waals surface area contributed by atoms with Gasteiger partial charge in [0, 0.05) is 0 Å². The average molecular weight is 248 g/mol. The van der Waals surface area contributed by atoms with E-state index in [1.165, 1.54) is 0 Å². The van der Waals surface area contributed by atoms with Gasteiger partial charge in [0.05, 0.1) is 0 Å². The van der Waals surface area contributed by atoms with Crippen LogP contribution < -0.4 is 69.3 Å². The number of unbranched alkanes of at least 4 members (excludes halogenated alkanes) is 1. The molecule has 0 heterocycles. The van der Waals surface area contributed by atoms with Crippen molar-refractivity contribution in [1.29, 1.82) is 0 Å². The summed E-state index contributed by atoms with van der Waals surface area (Å²) in [6.07, 6.45) is 3.72. The molecule has 0 bridgehead atoms. The van der Waals surface area contributed by atoms with Crippen LogP contribution in [-0.2, 0) is 0 Å². The van der Waals surface area contributed by atoms with Crippen LogP contribution in [0.15, 0.2) is 0 Å². The molecule has 0 N–H and O–H groups in total. The summed E-state index contributed by atoms with van der Waals surface area (Å²) in [7, 11) is 0. The first-order valence-electron chi connectivity index (χ1n) is 5.53. The van der Waals surface area contributed by atoms with Crippen LogP contribution in [-0.4, -0.2) is 11.2 Å². The van der Waals surface area contributed by atoms with Crippen LogP contribution in [0, 0.1) is 0 Å². The summed E-state index contributed by atoms with van der Waals surface area (Å²) in [5.74, 6) is 0. The molecule has 2 nitrogen and oxygen atoms in total. The molecule has 0 saturated carbocycles. The number of hydrogen-bond acceptors (Lipinski definition) is 2. The summed E-state index contributed by atoms with van der Waals surface area (Å²) >= 11 is 0. The van der Waals surface area contributed by atoms with Gasteiger partial charge in [-0.3, -0.25) is 0 Å². The molecule has 0 atom stereocenters. The van der Waals surface area contributed by atoms with Gasteiger partial charge in [-0.25, -0.2) is 0 Å². The molecule has 88 valence electrons. The van der Waals surface area contributed by atoms with E-state index in [9.17, 15) is 10.2 Å². The maximum Gasteiger partial charge on any atom is 1.00 e. The van der Waals surface area contributed by atoms with Crippen molar-refractivity contribution < 1.29 is 69.3 Å². The molecule has 0 aliphatic heterocycles. The Morgan fingerprint density at radius 1 is 0.812 bits per heavy atom. The summed E-state index contributed by atoms with van der Waals surface area (Å²) in [4.78, 5) is 0. The molecule has 0 rings (SSSR count). The van der Waals surface area contributed by atoms with Gasteiger partial charge in [-0.1, -0.05) is 67.2 Å². The van der Waals surface area contributed by atoms with Crippen LogP contribution in [0.25, 0.3) is 0 Å². The topological polar surface area (TPSA) is 46.1 Å². The minimum Gasteiger partial charge on any atom is -0.850 e. The second-order valence-corrected chi connectivity index (χ2v) is 4.98. The number of hydrogen-bond donors (Lipinski definition) is 0. The molecule has 0 aromatic carbocycles. The molecule has 4 heteroatoms. The number of rotatable bonds is 4. The first-order chi connectivity index (χ1) is 6.12. The zero-order valence-electron chi connectivity index (χ0n) is 12.6. The van der Waals surface area contributed by atoms with Crippen LogP contribution >= 0.6 is 0 Å². The first-order valence-corrected chi connectivity index (χ1v) is 5.53. The standard InChI is InChI=1S/C7H15O.C5H11O.2Na/c1-4-5-6-7(2,3)8;1-4-5(2,3)6;;/h4-6H2,1-3H3;4H2,1-3H3;;/q2*-1;2*+1. The van der Waals surface area contributed by atoms with Crippen molar-refractivity contribution in [3.63, 3.8) is 0 Å². The monoisotopic (exact) mass is 248 g/mol. The Hall–Kier alpha value is 1.92. The van der Waals surface area contributed by atoms with Gasteiger partial charge in [0.1, 0.15) is 0 Å². The summed E-state index contributed by atoms with van der Waals surface area (Å²) in [5, 5.41) is 21.3. The van der Waals surface area contributed by atoms with Crippen LogP contribution in [0.3, 0.4) is 0 Å². The Labute approximate surface area is 146 Å². The minimum atomic E-state index is -0.708. The van der Waals surface area contributed by atoms with Gasteiger partial charge in [0.2, 0.25) is 0 Å². The second-order valence-electron chi connectivity index (χ2n) is 4.98. The van der Waals surface area contributed by atoms with Crippen molar-refractivity contribution in [3.8, 4) is 0 Å². The Morgan fingerprint density at radius 2 is 1.12 bits per heavy atom. The van der Waals surface area contributed by atoms with Crippen molar-refractivity contribution in [2.24, 2.45) is 0 Å². The van der Waals surface area contributed by atoms with Gasteiger partial charge in [-0.05, 0) is 0 Å². The fourth-order valence-electron chi connectivity index (χ4n) is 0.602. The molecule has 0 saturated heterocycles. The summed E-state index contributed by atoms with van der Waals surface area (Å²) in [5.41, 5.74) is -1.41. The molecule has 16 heavy (non-hydrogen) atoms. The minimum absolute atomic E-state index is 0. The van der Waals surface area contributed by atoms with E-state index in [0.717, 1.165) is 19.3 Å². The molecular weight excluding hydrogens is 222 g/mol. The van der Waals surface area contributed by atoms with E-state index in [1.54, 1.807) is 27.7 Å². The average Bonchev–Trinajstić information content (AvgIpc) is 1.99. The summed E-state index contributed by atoms with van der Waals surface area (Å²) in [6, 6.07) is 0. The van der Waals surface area contributed by atoms with Crippen LogP contribution in [0.2, 0.25) is 0 Å². The van der Waals surface area contributed by atoms with E-state index in [-0.39, 0.29) is 59.1 Å². The van der Waals surface area contributed by atoms with Crippen LogP contribution in [0.4, 0.5) is 0 Å². The second kappa shape index (κ2) is 13.4. The van der Waals surface area contributed by atoms with Gasteiger partial charge in [0.15, 0.2) is 0 Å². The summed E-state index contributed by atoms with van der Waals surface area (Å²) < 4.78 is 0. The zero-order valence-corrected chi connectivity index (χ0v) is 16.6. The van der Waals surface area contributed by atoms with E-state index >= 15 is 0 Å². The fraction of sp³-hybridized carbons (Fsp3) is 1.00. The SMILES string of the molecule is CCC(C)(C)[O-].CCCCC(C)(C)[O-].[Na+].[Na+]. The molecule has 0 radical (unpaired) electrons. The predicted octanol–water partition coefficient (Wildman–Crippen LogP) is -4.14. The third-order valence-electron chi connectivity index (χ3n) is 1.98. The smallest absolute Gasteiger partial charge is 0.850 e. The Bertz CT molecular complexity index is 126. The largest absolute Gasteiger partial charge is 1.00 e. The Morgan fingerprint density at radius 3 is 1.19 bits per heavy atom. The maximum atomic E-state index is 10.9. The maximum absolute atomic E-state index is 10.9. The molecule has 0 aliphatic carbocycles. The first kappa shape index (κ1) is 26.5. The molecule has 0 spiro atoms. The Balaban J connectivity index is -0.0000000825. The molecule has 0 fully saturated rings. The third kappa shape index (κ3) is 36.0. The van der Waals surface area contributed by atoms with Gasteiger partial charge in [-0.2, -0.15) is 0 Å². The van der Waals surface area contributed by atoms with E-state index in [0.29, 0.717) is 6.42 Å². The van der Waals surface area contributed by atoms with E-state index in [4.69, 9.17) is 0 Å². The molecule has 0 amide bonds.